The average Bonchev–Trinajstić information content (AvgIpc) is 3.17. The molecule has 180 valence electrons. The predicted octanol–water partition coefficient (Wildman–Crippen LogP) is 5.33. The number of aromatic nitrogens is 4. The normalized spacial score (nSPS) is 15.3. The predicted molar refractivity (Wildman–Crippen MR) is 140 cm³/mol. The van der Waals surface area contributed by atoms with Gasteiger partial charge >= 0.3 is 0 Å². The van der Waals surface area contributed by atoms with E-state index in [-0.39, 0.29) is 11.8 Å². The van der Waals surface area contributed by atoms with Gasteiger partial charge in [0, 0.05) is 42.7 Å². The molecule has 1 aliphatic heterocycles. The molecule has 1 aliphatic rings. The summed E-state index contributed by atoms with van der Waals surface area (Å²) in [6.07, 6.45) is 3.67. The van der Waals surface area contributed by atoms with Gasteiger partial charge in [0.05, 0.1) is 17.3 Å². The van der Waals surface area contributed by atoms with Crippen LogP contribution >= 0.6 is 11.6 Å². The van der Waals surface area contributed by atoms with Gasteiger partial charge in [0.25, 0.3) is 5.91 Å². The highest BCUT2D eigenvalue weighted by atomic mass is 35.5. The minimum atomic E-state index is 0.0357. The molecule has 0 spiro atoms. The smallest absolute Gasteiger partial charge is 0.253 e. The van der Waals surface area contributed by atoms with E-state index in [9.17, 15) is 4.79 Å². The first-order chi connectivity index (χ1) is 17.0. The van der Waals surface area contributed by atoms with E-state index in [2.05, 4.69) is 23.8 Å². The van der Waals surface area contributed by atoms with Crippen LogP contribution in [0.2, 0.25) is 5.02 Å². The Hall–Kier alpha value is -3.45. The lowest BCUT2D eigenvalue weighted by molar-refractivity contribution is 0.0767. The van der Waals surface area contributed by atoms with Crippen molar-refractivity contribution in [1.82, 2.24) is 24.6 Å². The van der Waals surface area contributed by atoms with E-state index in [1.54, 1.807) is 24.3 Å². The molecule has 5 rings (SSSR count). The summed E-state index contributed by atoms with van der Waals surface area (Å²) in [4.78, 5) is 27.3. The molecule has 1 atom stereocenters. The number of carbonyl (C=O) groups excluding carboxylic acids is 1. The molecule has 0 N–H and O–H groups in total. The lowest BCUT2D eigenvalue weighted by Gasteiger charge is -2.24. The van der Waals surface area contributed by atoms with Crippen LogP contribution in [-0.4, -0.2) is 56.7 Å². The maximum absolute atomic E-state index is 13.1. The Morgan fingerprint density at radius 3 is 2.51 bits per heavy atom. The second-order valence-electron chi connectivity index (χ2n) is 8.98. The number of amides is 1. The van der Waals surface area contributed by atoms with E-state index in [0.29, 0.717) is 30.2 Å². The Bertz CT molecular complexity index is 1320. The van der Waals surface area contributed by atoms with E-state index in [0.717, 1.165) is 47.7 Å². The van der Waals surface area contributed by atoms with Crippen LogP contribution in [0.3, 0.4) is 0 Å². The molecule has 0 unspecified atom stereocenters. The van der Waals surface area contributed by atoms with E-state index >= 15 is 0 Å². The third-order valence-corrected chi connectivity index (χ3v) is 6.91. The zero-order valence-electron chi connectivity index (χ0n) is 20.1. The van der Waals surface area contributed by atoms with Crippen LogP contribution in [0.15, 0.2) is 60.8 Å². The van der Waals surface area contributed by atoms with Crippen LogP contribution in [0.4, 0.5) is 5.82 Å². The molecule has 0 bridgehead atoms. The quantitative estimate of drug-likeness (QED) is 0.379. The second kappa shape index (κ2) is 10.0. The van der Waals surface area contributed by atoms with Crippen LogP contribution in [0, 0.1) is 0 Å². The molecule has 0 aliphatic carbocycles. The third kappa shape index (κ3) is 4.73. The number of anilines is 1. The lowest BCUT2D eigenvalue weighted by atomic mass is 10.1. The standard InChI is InChI=1S/C27H29ClN6O/c1-3-19(2)24-30-25(23-18-29-34(26(23)31-24)22-8-5-4-6-9-22)32-14-7-15-33(17-16-32)27(35)20-10-12-21(28)13-11-20/h4-6,8-13,18-19H,3,7,14-17H2,1-2H3/t19-/m0/s1. The number of para-hydroxylation sites is 1. The van der Waals surface area contributed by atoms with Crippen molar-refractivity contribution in [1.29, 1.82) is 0 Å². The zero-order chi connectivity index (χ0) is 24.4. The van der Waals surface area contributed by atoms with E-state index in [1.165, 1.54) is 0 Å². The molecule has 35 heavy (non-hydrogen) atoms. The topological polar surface area (TPSA) is 67.2 Å². The fourth-order valence-electron chi connectivity index (χ4n) is 4.42. The molecule has 1 fully saturated rings. The summed E-state index contributed by atoms with van der Waals surface area (Å²) < 4.78 is 1.89. The van der Waals surface area contributed by atoms with Gasteiger partial charge in [-0.15, -0.1) is 0 Å². The lowest BCUT2D eigenvalue weighted by Crippen LogP contribution is -2.35. The van der Waals surface area contributed by atoms with Crippen LogP contribution in [-0.2, 0) is 0 Å². The number of halogens is 1. The van der Waals surface area contributed by atoms with E-state index in [4.69, 9.17) is 21.6 Å². The Kier molecular flexibility index (Phi) is 6.68. The van der Waals surface area contributed by atoms with E-state index < -0.39 is 0 Å². The second-order valence-corrected chi connectivity index (χ2v) is 9.42. The highest BCUT2D eigenvalue weighted by Gasteiger charge is 2.25. The minimum Gasteiger partial charge on any atom is -0.354 e. The molecular weight excluding hydrogens is 460 g/mol. The van der Waals surface area contributed by atoms with Gasteiger partial charge in [-0.05, 0) is 49.2 Å². The van der Waals surface area contributed by atoms with Crippen molar-refractivity contribution in [3.63, 3.8) is 0 Å². The number of rotatable bonds is 5. The minimum absolute atomic E-state index is 0.0357. The van der Waals surface area contributed by atoms with Crippen molar-refractivity contribution in [3.8, 4) is 5.69 Å². The molecule has 2 aromatic carbocycles. The van der Waals surface area contributed by atoms with Gasteiger partial charge in [-0.3, -0.25) is 4.79 Å². The SMILES string of the molecule is CC[C@H](C)c1nc(N2CCCN(C(=O)c3ccc(Cl)cc3)CC2)c2cnn(-c3ccccc3)c2n1. The monoisotopic (exact) mass is 488 g/mol. The van der Waals surface area contributed by atoms with Crippen LogP contribution in [0.1, 0.15) is 48.8 Å². The van der Waals surface area contributed by atoms with Crippen LogP contribution in [0.25, 0.3) is 16.7 Å². The van der Waals surface area contributed by atoms with Crippen molar-refractivity contribution >= 4 is 34.4 Å². The Morgan fingerprint density at radius 2 is 1.77 bits per heavy atom. The molecule has 0 radical (unpaired) electrons. The fraction of sp³-hybridized carbons (Fsp3) is 0.333. The number of nitrogens with zero attached hydrogens (tertiary/aromatic N) is 6. The summed E-state index contributed by atoms with van der Waals surface area (Å²) >= 11 is 6.00. The van der Waals surface area contributed by atoms with Crippen LogP contribution < -0.4 is 4.90 Å². The highest BCUT2D eigenvalue weighted by Crippen LogP contribution is 2.29. The van der Waals surface area contributed by atoms with Crippen molar-refractivity contribution in [2.75, 3.05) is 31.1 Å². The summed E-state index contributed by atoms with van der Waals surface area (Å²) in [6.45, 7) is 7.14. The third-order valence-electron chi connectivity index (χ3n) is 6.65. The molecule has 1 amide bonds. The zero-order valence-corrected chi connectivity index (χ0v) is 20.8. The number of hydrogen-bond donors (Lipinski definition) is 0. The van der Waals surface area contributed by atoms with Gasteiger partial charge < -0.3 is 9.80 Å². The summed E-state index contributed by atoms with van der Waals surface area (Å²) in [5.74, 6) is 1.99. The van der Waals surface area contributed by atoms with Gasteiger partial charge in [0.2, 0.25) is 0 Å². The van der Waals surface area contributed by atoms with Crippen molar-refractivity contribution in [3.05, 3.63) is 77.2 Å². The summed E-state index contributed by atoms with van der Waals surface area (Å²) in [7, 11) is 0. The maximum atomic E-state index is 13.1. The molecular formula is C27H29ClN6O. The molecule has 3 heterocycles. The first-order valence-electron chi connectivity index (χ1n) is 12.2. The number of hydrogen-bond acceptors (Lipinski definition) is 5. The van der Waals surface area contributed by atoms with Crippen molar-refractivity contribution in [2.24, 2.45) is 0 Å². The highest BCUT2D eigenvalue weighted by molar-refractivity contribution is 6.30. The largest absolute Gasteiger partial charge is 0.354 e. The Morgan fingerprint density at radius 1 is 1.00 bits per heavy atom. The average molecular weight is 489 g/mol. The first-order valence-corrected chi connectivity index (χ1v) is 12.5. The molecule has 7 nitrogen and oxygen atoms in total. The maximum Gasteiger partial charge on any atom is 0.253 e. The summed E-state index contributed by atoms with van der Waals surface area (Å²) in [5.41, 5.74) is 2.45. The van der Waals surface area contributed by atoms with Gasteiger partial charge in [-0.25, -0.2) is 14.6 Å². The number of carbonyl (C=O) groups is 1. The molecule has 2 aromatic heterocycles. The first kappa shape index (κ1) is 23.3. The van der Waals surface area contributed by atoms with Gasteiger partial charge in [-0.1, -0.05) is 43.6 Å². The van der Waals surface area contributed by atoms with Gasteiger partial charge in [0.15, 0.2) is 5.65 Å². The molecule has 8 heteroatoms. The summed E-state index contributed by atoms with van der Waals surface area (Å²) in [5, 5.41) is 6.23. The van der Waals surface area contributed by atoms with Crippen molar-refractivity contribution < 1.29 is 4.79 Å². The Balaban J connectivity index is 1.47. The molecule has 0 saturated carbocycles. The van der Waals surface area contributed by atoms with Crippen molar-refractivity contribution in [2.45, 2.75) is 32.6 Å². The molecule has 1 saturated heterocycles. The summed E-state index contributed by atoms with van der Waals surface area (Å²) in [6, 6.07) is 17.2. The Labute approximate surface area is 210 Å². The van der Waals surface area contributed by atoms with E-state index in [1.807, 2.05) is 46.1 Å². The van der Waals surface area contributed by atoms with Crippen LogP contribution in [0.5, 0.6) is 0 Å². The number of benzene rings is 2. The fourth-order valence-corrected chi connectivity index (χ4v) is 4.55. The van der Waals surface area contributed by atoms with Gasteiger partial charge in [0.1, 0.15) is 11.6 Å². The molecule has 4 aromatic rings. The van der Waals surface area contributed by atoms with Gasteiger partial charge in [-0.2, -0.15) is 5.10 Å². The number of fused-ring (bicyclic) bond motifs is 1.